The van der Waals surface area contributed by atoms with Crippen LogP contribution in [0.2, 0.25) is 0 Å². The molecule has 0 spiro atoms. The third-order valence-electron chi connectivity index (χ3n) is 5.23. The van der Waals surface area contributed by atoms with Gasteiger partial charge in [-0.1, -0.05) is 71.2 Å². The SMILES string of the molecule is CC(C)c1cccc(CCC2CCCC(C(C)C)C2)c1. The van der Waals surface area contributed by atoms with E-state index in [4.69, 9.17) is 0 Å². The molecule has 1 aliphatic rings. The van der Waals surface area contributed by atoms with Crippen molar-refractivity contribution in [2.24, 2.45) is 17.8 Å². The monoisotopic (exact) mass is 272 g/mol. The molecule has 0 heterocycles. The Labute approximate surface area is 126 Å². The molecule has 0 aromatic heterocycles. The van der Waals surface area contributed by atoms with Crippen LogP contribution in [0.25, 0.3) is 0 Å². The molecule has 0 nitrogen and oxygen atoms in total. The molecule has 2 rings (SSSR count). The van der Waals surface area contributed by atoms with Gasteiger partial charge in [0.05, 0.1) is 0 Å². The lowest BCUT2D eigenvalue weighted by molar-refractivity contribution is 0.207. The van der Waals surface area contributed by atoms with E-state index in [9.17, 15) is 0 Å². The average molecular weight is 272 g/mol. The lowest BCUT2D eigenvalue weighted by Gasteiger charge is -2.31. The molecular formula is C20H32. The molecule has 0 aliphatic heterocycles. The number of rotatable bonds is 5. The van der Waals surface area contributed by atoms with Gasteiger partial charge in [-0.2, -0.15) is 0 Å². The van der Waals surface area contributed by atoms with Crippen LogP contribution in [0, 0.1) is 17.8 Å². The first-order valence-corrected chi connectivity index (χ1v) is 8.65. The Bertz CT molecular complexity index is 402. The van der Waals surface area contributed by atoms with Crippen molar-refractivity contribution < 1.29 is 0 Å². The van der Waals surface area contributed by atoms with E-state index in [1.807, 2.05) is 0 Å². The van der Waals surface area contributed by atoms with Crippen LogP contribution in [0.1, 0.15) is 76.8 Å². The maximum atomic E-state index is 2.42. The van der Waals surface area contributed by atoms with Crippen LogP contribution in [0.5, 0.6) is 0 Å². The third kappa shape index (κ3) is 4.36. The molecule has 0 bridgehead atoms. The summed E-state index contributed by atoms with van der Waals surface area (Å²) in [5.41, 5.74) is 3.04. The van der Waals surface area contributed by atoms with Crippen LogP contribution in [0.15, 0.2) is 24.3 Å². The summed E-state index contributed by atoms with van der Waals surface area (Å²) in [7, 11) is 0. The average Bonchev–Trinajstić information content (AvgIpc) is 2.45. The number of aryl methyl sites for hydroxylation is 1. The van der Waals surface area contributed by atoms with Crippen molar-refractivity contribution in [2.45, 2.75) is 72.1 Å². The molecule has 1 aromatic carbocycles. The molecule has 1 aromatic rings. The lowest BCUT2D eigenvalue weighted by atomic mass is 9.74. The molecule has 2 unspecified atom stereocenters. The molecule has 0 radical (unpaired) electrons. The molecule has 112 valence electrons. The van der Waals surface area contributed by atoms with Gasteiger partial charge in [0, 0.05) is 0 Å². The number of hydrogen-bond donors (Lipinski definition) is 0. The summed E-state index contributed by atoms with van der Waals surface area (Å²) in [5.74, 6) is 3.48. The van der Waals surface area contributed by atoms with Crippen molar-refractivity contribution in [3.05, 3.63) is 35.4 Å². The Hall–Kier alpha value is -0.780. The molecule has 0 amide bonds. The second-order valence-corrected chi connectivity index (χ2v) is 7.48. The Morgan fingerprint density at radius 3 is 2.60 bits per heavy atom. The van der Waals surface area contributed by atoms with Crippen LogP contribution in [0.3, 0.4) is 0 Å². The van der Waals surface area contributed by atoms with Gasteiger partial charge in [0.25, 0.3) is 0 Å². The first-order chi connectivity index (χ1) is 9.56. The highest BCUT2D eigenvalue weighted by Crippen LogP contribution is 2.35. The minimum atomic E-state index is 0.648. The van der Waals surface area contributed by atoms with E-state index in [1.54, 1.807) is 5.56 Å². The summed E-state index contributed by atoms with van der Waals surface area (Å²) < 4.78 is 0. The summed E-state index contributed by atoms with van der Waals surface area (Å²) in [6.45, 7) is 9.37. The van der Waals surface area contributed by atoms with Crippen molar-refractivity contribution in [3.63, 3.8) is 0 Å². The molecule has 1 aliphatic carbocycles. The van der Waals surface area contributed by atoms with Crippen molar-refractivity contribution in [3.8, 4) is 0 Å². The molecule has 0 N–H and O–H groups in total. The second-order valence-electron chi connectivity index (χ2n) is 7.48. The maximum Gasteiger partial charge on any atom is -0.0219 e. The van der Waals surface area contributed by atoms with Gasteiger partial charge in [0.1, 0.15) is 0 Å². The highest BCUT2D eigenvalue weighted by atomic mass is 14.3. The Kier molecular flexibility index (Phi) is 5.69. The van der Waals surface area contributed by atoms with E-state index >= 15 is 0 Å². The molecule has 2 atom stereocenters. The van der Waals surface area contributed by atoms with Crippen molar-refractivity contribution >= 4 is 0 Å². The van der Waals surface area contributed by atoms with Crippen LogP contribution < -0.4 is 0 Å². The van der Waals surface area contributed by atoms with Crippen molar-refractivity contribution in [1.82, 2.24) is 0 Å². The van der Waals surface area contributed by atoms with Gasteiger partial charge in [-0.05, 0) is 54.1 Å². The summed E-state index contributed by atoms with van der Waals surface area (Å²) >= 11 is 0. The summed E-state index contributed by atoms with van der Waals surface area (Å²) in [5, 5.41) is 0. The zero-order valence-corrected chi connectivity index (χ0v) is 13.9. The summed E-state index contributed by atoms with van der Waals surface area (Å²) in [4.78, 5) is 0. The quantitative estimate of drug-likeness (QED) is 0.598. The first kappa shape index (κ1) is 15.6. The highest BCUT2D eigenvalue weighted by Gasteiger charge is 2.23. The van der Waals surface area contributed by atoms with Gasteiger partial charge in [0.15, 0.2) is 0 Å². The van der Waals surface area contributed by atoms with Gasteiger partial charge >= 0.3 is 0 Å². The van der Waals surface area contributed by atoms with Gasteiger partial charge in [-0.25, -0.2) is 0 Å². The Balaban J connectivity index is 1.87. The van der Waals surface area contributed by atoms with E-state index in [0.29, 0.717) is 5.92 Å². The highest BCUT2D eigenvalue weighted by molar-refractivity contribution is 5.25. The standard InChI is InChI=1S/C20H32/c1-15(2)19-9-5-7-17(13-19)11-12-18-8-6-10-20(14-18)16(3)4/h5,7,9,13,15-16,18,20H,6,8,10-12,14H2,1-4H3. The smallest absolute Gasteiger partial charge is 0.0219 e. The fourth-order valence-corrected chi connectivity index (χ4v) is 3.68. The second kappa shape index (κ2) is 7.29. The fourth-order valence-electron chi connectivity index (χ4n) is 3.68. The normalized spacial score (nSPS) is 23.5. The van der Waals surface area contributed by atoms with Crippen LogP contribution in [-0.2, 0) is 6.42 Å². The summed E-state index contributed by atoms with van der Waals surface area (Å²) in [6, 6.07) is 9.24. The van der Waals surface area contributed by atoms with Crippen molar-refractivity contribution in [1.29, 1.82) is 0 Å². The van der Waals surface area contributed by atoms with Gasteiger partial charge in [-0.15, -0.1) is 0 Å². The minimum Gasteiger partial charge on any atom is -0.0625 e. The van der Waals surface area contributed by atoms with Crippen LogP contribution in [-0.4, -0.2) is 0 Å². The fraction of sp³-hybridized carbons (Fsp3) is 0.700. The Morgan fingerprint density at radius 2 is 1.90 bits per heavy atom. The molecule has 20 heavy (non-hydrogen) atoms. The number of benzene rings is 1. The predicted molar refractivity (Wildman–Crippen MR) is 89.1 cm³/mol. The van der Waals surface area contributed by atoms with Gasteiger partial charge in [-0.3, -0.25) is 0 Å². The Morgan fingerprint density at radius 1 is 1.10 bits per heavy atom. The van der Waals surface area contributed by atoms with Crippen LogP contribution in [0.4, 0.5) is 0 Å². The molecule has 1 saturated carbocycles. The minimum absolute atomic E-state index is 0.648. The van der Waals surface area contributed by atoms with Crippen LogP contribution >= 0.6 is 0 Å². The zero-order valence-electron chi connectivity index (χ0n) is 13.9. The third-order valence-corrected chi connectivity index (χ3v) is 5.23. The van der Waals surface area contributed by atoms with E-state index in [-0.39, 0.29) is 0 Å². The first-order valence-electron chi connectivity index (χ1n) is 8.65. The van der Waals surface area contributed by atoms with Gasteiger partial charge in [0.2, 0.25) is 0 Å². The summed E-state index contributed by atoms with van der Waals surface area (Å²) in [6.07, 6.45) is 8.53. The predicted octanol–water partition coefficient (Wildman–Crippen LogP) is 6.21. The number of hydrogen-bond acceptors (Lipinski definition) is 0. The zero-order chi connectivity index (χ0) is 14.5. The largest absolute Gasteiger partial charge is 0.0625 e. The van der Waals surface area contributed by atoms with E-state index < -0.39 is 0 Å². The topological polar surface area (TPSA) is 0 Å². The molecule has 0 saturated heterocycles. The van der Waals surface area contributed by atoms with Gasteiger partial charge < -0.3 is 0 Å². The molecule has 1 fully saturated rings. The molecule has 0 heteroatoms. The molecular weight excluding hydrogens is 240 g/mol. The van der Waals surface area contributed by atoms with Crippen molar-refractivity contribution in [2.75, 3.05) is 0 Å². The lowest BCUT2D eigenvalue weighted by Crippen LogP contribution is -2.20. The van der Waals surface area contributed by atoms with E-state index in [0.717, 1.165) is 17.8 Å². The van der Waals surface area contributed by atoms with E-state index in [2.05, 4.69) is 52.0 Å². The van der Waals surface area contributed by atoms with E-state index in [1.165, 1.54) is 44.1 Å². The maximum absolute atomic E-state index is 2.42.